The zero-order valence-electron chi connectivity index (χ0n) is 8.64. The molecule has 0 radical (unpaired) electrons. The largest absolute Gasteiger partial charge is 0.481 e. The third-order valence-corrected chi connectivity index (χ3v) is 3.84. The fourth-order valence-electron chi connectivity index (χ4n) is 1.03. The van der Waals surface area contributed by atoms with E-state index in [0.29, 0.717) is 12.5 Å². The molecule has 1 fully saturated rings. The molecular weight excluding hydrogens is 220 g/mol. The lowest BCUT2D eigenvalue weighted by Crippen LogP contribution is -2.40. The van der Waals surface area contributed by atoms with Crippen LogP contribution < -0.4 is 4.72 Å². The standard InChI is InChI=1S/C8H16N2O4S/c1-10(5-4-8(11)12)15(13,14)9-6-7-2-3-7/h7,9H,2-6H2,1H3,(H,11,12). The summed E-state index contributed by atoms with van der Waals surface area (Å²) < 4.78 is 26.5. The quantitative estimate of drug-likeness (QED) is 0.632. The first-order valence-corrected chi connectivity index (χ1v) is 6.28. The van der Waals surface area contributed by atoms with Crippen molar-refractivity contribution in [2.45, 2.75) is 19.3 Å². The first kappa shape index (κ1) is 12.4. The molecule has 0 saturated heterocycles. The summed E-state index contributed by atoms with van der Waals surface area (Å²) in [6.07, 6.45) is 1.96. The average molecular weight is 236 g/mol. The molecule has 0 spiro atoms. The zero-order valence-corrected chi connectivity index (χ0v) is 9.46. The normalized spacial score (nSPS) is 16.9. The summed E-state index contributed by atoms with van der Waals surface area (Å²) in [4.78, 5) is 10.3. The van der Waals surface area contributed by atoms with Gasteiger partial charge >= 0.3 is 5.97 Å². The first-order valence-electron chi connectivity index (χ1n) is 4.84. The summed E-state index contributed by atoms with van der Waals surface area (Å²) >= 11 is 0. The molecule has 1 saturated carbocycles. The van der Waals surface area contributed by atoms with Gasteiger partial charge in [0.2, 0.25) is 0 Å². The van der Waals surface area contributed by atoms with Crippen LogP contribution in [0.5, 0.6) is 0 Å². The smallest absolute Gasteiger partial charge is 0.304 e. The van der Waals surface area contributed by atoms with E-state index in [0.717, 1.165) is 17.1 Å². The molecule has 0 unspecified atom stereocenters. The Kier molecular flexibility index (Phi) is 4.06. The molecule has 88 valence electrons. The van der Waals surface area contributed by atoms with Crippen LogP contribution in [0.1, 0.15) is 19.3 Å². The first-order chi connectivity index (χ1) is 6.92. The van der Waals surface area contributed by atoms with Gasteiger partial charge < -0.3 is 5.11 Å². The van der Waals surface area contributed by atoms with E-state index in [-0.39, 0.29) is 13.0 Å². The van der Waals surface area contributed by atoms with E-state index < -0.39 is 16.2 Å². The van der Waals surface area contributed by atoms with Gasteiger partial charge in [-0.25, -0.2) is 4.72 Å². The Morgan fingerprint density at radius 3 is 2.60 bits per heavy atom. The Hall–Kier alpha value is -0.660. The van der Waals surface area contributed by atoms with Crippen LogP contribution in [0.15, 0.2) is 0 Å². The Morgan fingerprint density at radius 1 is 1.53 bits per heavy atom. The van der Waals surface area contributed by atoms with Crippen molar-refractivity contribution in [3.63, 3.8) is 0 Å². The zero-order chi connectivity index (χ0) is 11.5. The summed E-state index contributed by atoms with van der Waals surface area (Å²) in [7, 11) is -2.12. The minimum atomic E-state index is -3.49. The summed E-state index contributed by atoms with van der Waals surface area (Å²) in [5.41, 5.74) is 0. The second kappa shape index (κ2) is 4.91. The lowest BCUT2D eigenvalue weighted by atomic mass is 10.4. The molecule has 2 N–H and O–H groups in total. The van der Waals surface area contributed by atoms with Gasteiger partial charge in [-0.1, -0.05) is 0 Å². The molecule has 0 aromatic carbocycles. The molecule has 15 heavy (non-hydrogen) atoms. The molecule has 0 aromatic rings. The number of nitrogens with zero attached hydrogens (tertiary/aromatic N) is 1. The average Bonchev–Trinajstić information content (AvgIpc) is 2.94. The van der Waals surface area contributed by atoms with Gasteiger partial charge in [-0.15, -0.1) is 0 Å². The van der Waals surface area contributed by atoms with Crippen LogP contribution in [-0.4, -0.2) is 43.9 Å². The van der Waals surface area contributed by atoms with Crippen LogP contribution >= 0.6 is 0 Å². The van der Waals surface area contributed by atoms with Crippen LogP contribution in [0.2, 0.25) is 0 Å². The molecule has 0 heterocycles. The summed E-state index contributed by atoms with van der Waals surface area (Å²) in [5, 5.41) is 8.41. The predicted molar refractivity (Wildman–Crippen MR) is 54.5 cm³/mol. The SMILES string of the molecule is CN(CCC(=O)O)S(=O)(=O)NCC1CC1. The number of carboxylic acids is 1. The minimum absolute atomic E-state index is 0.00463. The highest BCUT2D eigenvalue weighted by molar-refractivity contribution is 7.87. The van der Waals surface area contributed by atoms with Crippen molar-refractivity contribution in [2.75, 3.05) is 20.1 Å². The highest BCUT2D eigenvalue weighted by Gasteiger charge is 2.25. The highest BCUT2D eigenvalue weighted by Crippen LogP contribution is 2.27. The molecule has 0 amide bonds. The van der Waals surface area contributed by atoms with E-state index in [1.54, 1.807) is 0 Å². The molecule has 7 heteroatoms. The summed E-state index contributed by atoms with van der Waals surface area (Å²) in [6, 6.07) is 0. The Morgan fingerprint density at radius 2 is 2.13 bits per heavy atom. The molecular formula is C8H16N2O4S. The van der Waals surface area contributed by atoms with E-state index >= 15 is 0 Å². The number of aliphatic carboxylic acids is 1. The van der Waals surface area contributed by atoms with Crippen molar-refractivity contribution in [2.24, 2.45) is 5.92 Å². The lowest BCUT2D eigenvalue weighted by molar-refractivity contribution is -0.137. The number of rotatable bonds is 7. The maximum atomic E-state index is 11.5. The molecule has 6 nitrogen and oxygen atoms in total. The predicted octanol–water partition coefficient (Wildman–Crippen LogP) is -0.363. The van der Waals surface area contributed by atoms with Crippen LogP contribution in [0.4, 0.5) is 0 Å². The van der Waals surface area contributed by atoms with E-state index in [1.807, 2.05) is 0 Å². The van der Waals surface area contributed by atoms with Crippen molar-refractivity contribution < 1.29 is 18.3 Å². The Labute approximate surface area is 89.4 Å². The maximum Gasteiger partial charge on any atom is 0.304 e. The molecule has 1 aliphatic carbocycles. The third kappa shape index (κ3) is 4.59. The molecule has 0 atom stereocenters. The highest BCUT2D eigenvalue weighted by atomic mass is 32.2. The topological polar surface area (TPSA) is 86.7 Å². The monoisotopic (exact) mass is 236 g/mol. The van der Waals surface area contributed by atoms with Crippen molar-refractivity contribution >= 4 is 16.2 Å². The fraction of sp³-hybridized carbons (Fsp3) is 0.875. The van der Waals surface area contributed by atoms with Gasteiger partial charge in [0.05, 0.1) is 6.42 Å². The number of carboxylic acid groups (broad SMARTS) is 1. The van der Waals surface area contributed by atoms with E-state index in [1.165, 1.54) is 7.05 Å². The van der Waals surface area contributed by atoms with Crippen LogP contribution in [0, 0.1) is 5.92 Å². The minimum Gasteiger partial charge on any atom is -0.481 e. The van der Waals surface area contributed by atoms with E-state index in [9.17, 15) is 13.2 Å². The van der Waals surface area contributed by atoms with Gasteiger partial charge in [0.1, 0.15) is 0 Å². The number of nitrogens with one attached hydrogen (secondary N) is 1. The fourth-order valence-corrected chi connectivity index (χ4v) is 2.03. The number of hydrogen-bond donors (Lipinski definition) is 2. The van der Waals surface area contributed by atoms with Gasteiger partial charge in [-0.05, 0) is 18.8 Å². The van der Waals surface area contributed by atoms with E-state index in [4.69, 9.17) is 5.11 Å². The summed E-state index contributed by atoms with van der Waals surface area (Å²) in [5.74, 6) is -0.535. The molecule has 1 aliphatic rings. The molecule has 0 aliphatic heterocycles. The van der Waals surface area contributed by atoms with Gasteiger partial charge in [0.25, 0.3) is 10.2 Å². The number of carbonyl (C=O) groups is 1. The van der Waals surface area contributed by atoms with Gasteiger partial charge in [-0.2, -0.15) is 12.7 Å². The summed E-state index contributed by atoms with van der Waals surface area (Å²) in [6.45, 7) is 0.453. The van der Waals surface area contributed by atoms with Gasteiger partial charge in [0, 0.05) is 20.1 Å². The van der Waals surface area contributed by atoms with Gasteiger partial charge in [0.15, 0.2) is 0 Å². The maximum absolute atomic E-state index is 11.5. The van der Waals surface area contributed by atoms with Crippen LogP contribution in [0.3, 0.4) is 0 Å². The Bertz CT molecular complexity index is 324. The van der Waals surface area contributed by atoms with Crippen LogP contribution in [0.25, 0.3) is 0 Å². The lowest BCUT2D eigenvalue weighted by Gasteiger charge is -2.16. The van der Waals surface area contributed by atoms with Crippen molar-refractivity contribution in [1.82, 2.24) is 9.03 Å². The number of hydrogen-bond acceptors (Lipinski definition) is 3. The second-order valence-electron chi connectivity index (χ2n) is 3.76. The Balaban J connectivity index is 2.33. The van der Waals surface area contributed by atoms with E-state index in [2.05, 4.69) is 4.72 Å². The third-order valence-electron chi connectivity index (χ3n) is 2.30. The van der Waals surface area contributed by atoms with Crippen molar-refractivity contribution in [3.8, 4) is 0 Å². The molecule has 1 rings (SSSR count). The van der Waals surface area contributed by atoms with Crippen LogP contribution in [-0.2, 0) is 15.0 Å². The van der Waals surface area contributed by atoms with Crippen molar-refractivity contribution in [1.29, 1.82) is 0 Å². The van der Waals surface area contributed by atoms with Crippen molar-refractivity contribution in [3.05, 3.63) is 0 Å². The molecule has 0 aromatic heterocycles. The second-order valence-corrected chi connectivity index (χ2v) is 5.62. The molecule has 0 bridgehead atoms. The van der Waals surface area contributed by atoms with Gasteiger partial charge in [-0.3, -0.25) is 4.79 Å².